The molecule has 2 N–H and O–H groups in total. The number of hydrogen-bond donors (Lipinski definition) is 1. The number of hydrogen-bond acceptors (Lipinski definition) is 2. The number of nitrogen functional groups attached to an aromatic ring is 1. The van der Waals surface area contributed by atoms with Crippen LogP contribution in [-0.4, -0.2) is 9.46 Å². The van der Waals surface area contributed by atoms with Crippen LogP contribution in [0.15, 0.2) is 18.2 Å². The van der Waals surface area contributed by atoms with Crippen molar-refractivity contribution >= 4 is 28.1 Å². The zero-order chi connectivity index (χ0) is 11.5. The van der Waals surface area contributed by atoms with Crippen LogP contribution in [0, 0.1) is 0 Å². The molecule has 88 valence electrons. The summed E-state index contributed by atoms with van der Waals surface area (Å²) in [6.07, 6.45) is 4.60. The summed E-state index contributed by atoms with van der Waals surface area (Å²) in [5.41, 5.74) is 7.45. The lowest BCUT2D eigenvalue weighted by atomic mass is 10.2. The molecule has 1 atom stereocenters. The molecule has 0 aromatic heterocycles. The van der Waals surface area contributed by atoms with Gasteiger partial charge in [0.2, 0.25) is 0 Å². The molecular formula is C12H16ClNOS. The summed E-state index contributed by atoms with van der Waals surface area (Å²) in [4.78, 5) is 0. The summed E-state index contributed by atoms with van der Waals surface area (Å²) in [6.45, 7) is 0. The molecule has 4 heteroatoms. The van der Waals surface area contributed by atoms with Crippen molar-refractivity contribution in [3.63, 3.8) is 0 Å². The van der Waals surface area contributed by atoms with Gasteiger partial charge >= 0.3 is 0 Å². The fourth-order valence-corrected chi connectivity index (χ4v) is 3.97. The summed E-state index contributed by atoms with van der Waals surface area (Å²) >= 11 is 5.91. The first-order chi connectivity index (χ1) is 7.66. The fourth-order valence-electron chi connectivity index (χ4n) is 2.12. The van der Waals surface area contributed by atoms with E-state index in [-0.39, 0.29) is 0 Å². The molecule has 1 fully saturated rings. The van der Waals surface area contributed by atoms with Gasteiger partial charge in [-0.1, -0.05) is 24.4 Å². The van der Waals surface area contributed by atoms with Crippen LogP contribution in [0.5, 0.6) is 0 Å². The Morgan fingerprint density at radius 3 is 2.75 bits per heavy atom. The Balaban J connectivity index is 2.07. The number of rotatable bonds is 3. The second-order valence-electron chi connectivity index (χ2n) is 4.27. The zero-order valence-electron chi connectivity index (χ0n) is 9.12. The molecule has 2 nitrogen and oxygen atoms in total. The van der Waals surface area contributed by atoms with E-state index in [9.17, 15) is 4.21 Å². The minimum absolute atomic E-state index is 0.360. The average Bonchev–Trinajstić information content (AvgIpc) is 2.76. The third-order valence-electron chi connectivity index (χ3n) is 3.08. The SMILES string of the molecule is Nc1ccc(Cl)cc1CS(=O)C1CCCC1. The summed E-state index contributed by atoms with van der Waals surface area (Å²) < 4.78 is 12.1. The molecule has 1 aromatic carbocycles. The maximum absolute atomic E-state index is 12.1. The fraction of sp³-hybridized carbons (Fsp3) is 0.500. The van der Waals surface area contributed by atoms with Crippen LogP contribution in [0.3, 0.4) is 0 Å². The van der Waals surface area contributed by atoms with Crippen molar-refractivity contribution in [2.75, 3.05) is 5.73 Å². The minimum Gasteiger partial charge on any atom is -0.398 e. The summed E-state index contributed by atoms with van der Waals surface area (Å²) in [5.74, 6) is 0.539. The van der Waals surface area contributed by atoms with Gasteiger partial charge in [0.05, 0.1) is 5.75 Å². The van der Waals surface area contributed by atoms with Crippen LogP contribution < -0.4 is 5.73 Å². The predicted octanol–water partition coefficient (Wildman–Crippen LogP) is 3.11. The van der Waals surface area contributed by atoms with Gasteiger partial charge in [0, 0.05) is 26.8 Å². The topological polar surface area (TPSA) is 43.1 Å². The first-order valence-electron chi connectivity index (χ1n) is 5.58. The maximum atomic E-state index is 12.1. The Morgan fingerprint density at radius 2 is 2.06 bits per heavy atom. The molecule has 0 spiro atoms. The van der Waals surface area contributed by atoms with Crippen LogP contribution in [0.4, 0.5) is 5.69 Å². The smallest absolute Gasteiger partial charge is 0.0509 e. The molecule has 0 aliphatic heterocycles. The number of anilines is 1. The highest BCUT2D eigenvalue weighted by molar-refractivity contribution is 7.84. The molecule has 2 rings (SSSR count). The predicted molar refractivity (Wildman–Crippen MR) is 70.0 cm³/mol. The number of halogens is 1. The molecule has 1 aliphatic rings. The molecule has 0 bridgehead atoms. The highest BCUT2D eigenvalue weighted by atomic mass is 35.5. The van der Waals surface area contributed by atoms with Crippen LogP contribution in [0.2, 0.25) is 5.02 Å². The van der Waals surface area contributed by atoms with E-state index in [1.807, 2.05) is 6.07 Å². The minimum atomic E-state index is -0.804. The molecule has 1 saturated carbocycles. The molecule has 0 heterocycles. The van der Waals surface area contributed by atoms with Crippen molar-refractivity contribution in [1.29, 1.82) is 0 Å². The Labute approximate surface area is 104 Å². The van der Waals surface area contributed by atoms with E-state index in [4.69, 9.17) is 17.3 Å². The van der Waals surface area contributed by atoms with Gasteiger partial charge in [-0.05, 0) is 36.6 Å². The van der Waals surface area contributed by atoms with Gasteiger partial charge in [-0.3, -0.25) is 4.21 Å². The van der Waals surface area contributed by atoms with Crippen molar-refractivity contribution in [1.82, 2.24) is 0 Å². The molecule has 1 aromatic rings. The normalized spacial score (nSPS) is 18.8. The molecule has 0 amide bonds. The van der Waals surface area contributed by atoms with Gasteiger partial charge in [0.15, 0.2) is 0 Å². The molecule has 0 saturated heterocycles. The Kier molecular flexibility index (Phi) is 3.87. The Morgan fingerprint density at radius 1 is 1.38 bits per heavy atom. The van der Waals surface area contributed by atoms with E-state index >= 15 is 0 Å². The van der Waals surface area contributed by atoms with Crippen LogP contribution in [0.1, 0.15) is 31.2 Å². The molecule has 1 aliphatic carbocycles. The van der Waals surface area contributed by atoms with Crippen molar-refractivity contribution in [2.45, 2.75) is 36.7 Å². The van der Waals surface area contributed by atoms with E-state index in [1.165, 1.54) is 12.8 Å². The third kappa shape index (κ3) is 2.77. The van der Waals surface area contributed by atoms with E-state index in [1.54, 1.807) is 12.1 Å². The second-order valence-corrected chi connectivity index (χ2v) is 6.43. The van der Waals surface area contributed by atoms with Gasteiger partial charge in [0.25, 0.3) is 0 Å². The maximum Gasteiger partial charge on any atom is 0.0509 e. The first-order valence-corrected chi connectivity index (χ1v) is 7.34. The summed E-state index contributed by atoms with van der Waals surface area (Å²) in [5, 5.41) is 1.02. The van der Waals surface area contributed by atoms with Crippen LogP contribution in [-0.2, 0) is 16.6 Å². The van der Waals surface area contributed by atoms with Crippen molar-refractivity contribution < 1.29 is 4.21 Å². The lowest BCUT2D eigenvalue weighted by molar-refractivity contribution is 0.668. The zero-order valence-corrected chi connectivity index (χ0v) is 10.7. The van der Waals surface area contributed by atoms with E-state index < -0.39 is 10.8 Å². The first kappa shape index (κ1) is 11.9. The second kappa shape index (κ2) is 5.19. The summed E-state index contributed by atoms with van der Waals surface area (Å²) in [6, 6.07) is 5.37. The lowest BCUT2D eigenvalue weighted by Crippen LogP contribution is -2.13. The molecule has 1 unspecified atom stereocenters. The van der Waals surface area contributed by atoms with Crippen LogP contribution in [0.25, 0.3) is 0 Å². The van der Waals surface area contributed by atoms with Gasteiger partial charge in [-0.25, -0.2) is 0 Å². The standard InChI is InChI=1S/C12H16ClNOS/c13-10-5-6-12(14)9(7-10)8-16(15)11-3-1-2-4-11/h5-7,11H,1-4,8,14H2. The largest absolute Gasteiger partial charge is 0.398 e. The van der Waals surface area contributed by atoms with Crippen molar-refractivity contribution in [3.05, 3.63) is 28.8 Å². The quantitative estimate of drug-likeness (QED) is 0.846. The Bertz CT molecular complexity index is 402. The van der Waals surface area contributed by atoms with Gasteiger partial charge in [-0.15, -0.1) is 0 Å². The molecular weight excluding hydrogens is 242 g/mol. The third-order valence-corrected chi connectivity index (χ3v) is 5.12. The number of benzene rings is 1. The monoisotopic (exact) mass is 257 g/mol. The van der Waals surface area contributed by atoms with Gasteiger partial charge < -0.3 is 5.73 Å². The highest BCUT2D eigenvalue weighted by Gasteiger charge is 2.21. The van der Waals surface area contributed by atoms with Gasteiger partial charge in [-0.2, -0.15) is 0 Å². The average molecular weight is 258 g/mol. The Hall–Kier alpha value is -0.540. The highest BCUT2D eigenvalue weighted by Crippen LogP contribution is 2.26. The van der Waals surface area contributed by atoms with Gasteiger partial charge in [0.1, 0.15) is 0 Å². The lowest BCUT2D eigenvalue weighted by Gasteiger charge is -2.11. The summed E-state index contributed by atoms with van der Waals surface area (Å²) in [7, 11) is -0.804. The van der Waals surface area contributed by atoms with E-state index in [0.717, 1.165) is 18.4 Å². The molecule has 16 heavy (non-hydrogen) atoms. The van der Waals surface area contributed by atoms with Crippen LogP contribution >= 0.6 is 11.6 Å². The van der Waals surface area contributed by atoms with Crippen molar-refractivity contribution in [2.24, 2.45) is 0 Å². The van der Waals surface area contributed by atoms with E-state index in [0.29, 0.717) is 21.7 Å². The van der Waals surface area contributed by atoms with Crippen molar-refractivity contribution in [3.8, 4) is 0 Å². The molecule has 0 radical (unpaired) electrons. The number of nitrogens with two attached hydrogens (primary N) is 1. The van der Waals surface area contributed by atoms with E-state index in [2.05, 4.69) is 0 Å².